The molecule has 1 amide bonds. The number of carbonyl (C=O) groups excluding carboxylic acids is 1. The number of rotatable bonds is 4. The molecule has 3 aromatic heterocycles. The van der Waals surface area contributed by atoms with Gasteiger partial charge in [-0.3, -0.25) is 14.0 Å². The minimum absolute atomic E-state index is 0.0736. The predicted molar refractivity (Wildman–Crippen MR) is 87.8 cm³/mol. The minimum atomic E-state index is -0.180. The molecule has 0 aromatic carbocycles. The first kappa shape index (κ1) is 15.1. The summed E-state index contributed by atoms with van der Waals surface area (Å²) in [6, 6.07) is 1.54. The number of aryl methyl sites for hydroxylation is 1. The second-order valence-electron chi connectivity index (χ2n) is 4.42. The molecule has 7 nitrogen and oxygen atoms in total. The number of thiazole rings is 1. The zero-order valence-corrected chi connectivity index (χ0v) is 14.1. The van der Waals surface area contributed by atoms with Gasteiger partial charge in [0, 0.05) is 29.8 Å². The fourth-order valence-electron chi connectivity index (χ4n) is 1.78. The van der Waals surface area contributed by atoms with Gasteiger partial charge >= 0.3 is 0 Å². The van der Waals surface area contributed by atoms with Gasteiger partial charge in [0.25, 0.3) is 5.56 Å². The molecule has 3 heterocycles. The third kappa shape index (κ3) is 3.18. The second kappa shape index (κ2) is 6.15. The van der Waals surface area contributed by atoms with E-state index in [-0.39, 0.29) is 11.5 Å². The Morgan fingerprint density at radius 1 is 1.45 bits per heavy atom. The molecule has 0 radical (unpaired) electrons. The topological polar surface area (TPSA) is 89.2 Å². The number of thioether (sulfide) groups is 1. The Labute approximate surface area is 137 Å². The summed E-state index contributed by atoms with van der Waals surface area (Å²) in [5, 5.41) is 12.8. The highest BCUT2D eigenvalue weighted by Gasteiger charge is 2.09. The van der Waals surface area contributed by atoms with Crippen LogP contribution in [0.1, 0.15) is 18.3 Å². The number of hydrogen-bond donors (Lipinski definition) is 1. The largest absolute Gasteiger partial charge is 0.301 e. The Morgan fingerprint density at radius 3 is 3.05 bits per heavy atom. The SMILES string of the molecule is CC(=O)Nc1nnc(SCc2cc(=O)n3c(C)csc3n2)s1. The number of carbonyl (C=O) groups is 1. The fourth-order valence-corrected chi connectivity index (χ4v) is 4.36. The van der Waals surface area contributed by atoms with E-state index in [2.05, 4.69) is 20.5 Å². The van der Waals surface area contributed by atoms with Gasteiger partial charge in [0.15, 0.2) is 9.30 Å². The zero-order valence-electron chi connectivity index (χ0n) is 11.7. The number of fused-ring (bicyclic) bond motifs is 1. The molecular weight excluding hydrogens is 342 g/mol. The molecule has 0 aliphatic heterocycles. The number of nitrogens with one attached hydrogen (secondary N) is 1. The highest BCUT2D eigenvalue weighted by molar-refractivity contribution is 8.00. The number of nitrogens with zero attached hydrogens (tertiary/aromatic N) is 4. The van der Waals surface area contributed by atoms with Crippen LogP contribution >= 0.6 is 34.4 Å². The molecule has 114 valence electrons. The Bertz CT molecular complexity index is 898. The van der Waals surface area contributed by atoms with Crippen LogP contribution in [0.15, 0.2) is 20.6 Å². The molecule has 1 N–H and O–H groups in total. The van der Waals surface area contributed by atoms with Crippen molar-refractivity contribution in [2.75, 3.05) is 5.32 Å². The number of hydrogen-bond acceptors (Lipinski definition) is 8. The molecule has 3 rings (SSSR count). The van der Waals surface area contributed by atoms with Crippen molar-refractivity contribution in [3.8, 4) is 0 Å². The van der Waals surface area contributed by atoms with E-state index in [9.17, 15) is 9.59 Å². The smallest absolute Gasteiger partial charge is 0.258 e. The van der Waals surface area contributed by atoms with Gasteiger partial charge in [-0.05, 0) is 6.92 Å². The van der Waals surface area contributed by atoms with Crippen LogP contribution < -0.4 is 10.9 Å². The molecule has 0 fully saturated rings. The zero-order chi connectivity index (χ0) is 15.7. The van der Waals surface area contributed by atoms with E-state index >= 15 is 0 Å². The van der Waals surface area contributed by atoms with Gasteiger partial charge in [-0.1, -0.05) is 23.1 Å². The van der Waals surface area contributed by atoms with Crippen LogP contribution in [0.5, 0.6) is 0 Å². The number of aromatic nitrogens is 4. The van der Waals surface area contributed by atoms with E-state index in [0.717, 1.165) is 5.69 Å². The van der Waals surface area contributed by atoms with Crippen molar-refractivity contribution >= 4 is 50.4 Å². The highest BCUT2D eigenvalue weighted by Crippen LogP contribution is 2.27. The lowest BCUT2D eigenvalue weighted by Crippen LogP contribution is -2.14. The molecule has 0 aliphatic rings. The van der Waals surface area contributed by atoms with E-state index in [1.54, 1.807) is 4.40 Å². The van der Waals surface area contributed by atoms with Crippen molar-refractivity contribution in [1.82, 2.24) is 19.6 Å². The van der Waals surface area contributed by atoms with E-state index in [1.807, 2.05) is 12.3 Å². The van der Waals surface area contributed by atoms with Crippen LogP contribution in [-0.4, -0.2) is 25.5 Å². The van der Waals surface area contributed by atoms with Gasteiger partial charge in [-0.2, -0.15) is 0 Å². The summed E-state index contributed by atoms with van der Waals surface area (Å²) in [5.41, 5.74) is 1.52. The van der Waals surface area contributed by atoms with Crippen molar-refractivity contribution in [2.24, 2.45) is 0 Å². The lowest BCUT2D eigenvalue weighted by Gasteiger charge is -1.99. The van der Waals surface area contributed by atoms with Crippen molar-refractivity contribution < 1.29 is 4.79 Å². The molecular formula is C12H11N5O2S3. The molecule has 0 spiro atoms. The normalized spacial score (nSPS) is 11.0. The first-order valence-corrected chi connectivity index (χ1v) is 8.92. The van der Waals surface area contributed by atoms with E-state index in [4.69, 9.17) is 0 Å². The number of anilines is 1. The van der Waals surface area contributed by atoms with Crippen LogP contribution in [0.2, 0.25) is 0 Å². The minimum Gasteiger partial charge on any atom is -0.301 e. The third-order valence-electron chi connectivity index (χ3n) is 2.66. The Morgan fingerprint density at radius 2 is 2.27 bits per heavy atom. The van der Waals surface area contributed by atoms with Crippen molar-refractivity contribution in [3.63, 3.8) is 0 Å². The molecule has 10 heteroatoms. The molecule has 0 atom stereocenters. The van der Waals surface area contributed by atoms with Gasteiger partial charge in [-0.25, -0.2) is 4.98 Å². The van der Waals surface area contributed by atoms with Crippen molar-refractivity contribution in [3.05, 3.63) is 33.2 Å². The van der Waals surface area contributed by atoms with Crippen LogP contribution in [0.4, 0.5) is 5.13 Å². The predicted octanol–water partition coefficient (Wildman–Crippen LogP) is 2.17. The molecule has 3 aromatic rings. The van der Waals surface area contributed by atoms with E-state index in [0.29, 0.717) is 25.9 Å². The first-order chi connectivity index (χ1) is 10.5. The molecule has 22 heavy (non-hydrogen) atoms. The summed E-state index contributed by atoms with van der Waals surface area (Å²) >= 11 is 4.17. The summed E-state index contributed by atoms with van der Waals surface area (Å²) in [4.78, 5) is 28.2. The van der Waals surface area contributed by atoms with Crippen LogP contribution in [0, 0.1) is 6.92 Å². The third-order valence-corrected chi connectivity index (χ3v) is 5.61. The van der Waals surface area contributed by atoms with Gasteiger partial charge in [0.1, 0.15) is 0 Å². The lowest BCUT2D eigenvalue weighted by molar-refractivity contribution is -0.114. The average Bonchev–Trinajstić information content (AvgIpc) is 3.03. The Hall–Kier alpha value is -1.78. The van der Waals surface area contributed by atoms with Crippen LogP contribution in [0.25, 0.3) is 4.96 Å². The van der Waals surface area contributed by atoms with Gasteiger partial charge < -0.3 is 5.32 Å². The molecule has 0 unspecified atom stereocenters. The molecule has 0 aliphatic carbocycles. The van der Waals surface area contributed by atoms with Crippen molar-refractivity contribution in [1.29, 1.82) is 0 Å². The summed E-state index contributed by atoms with van der Waals surface area (Å²) in [6.07, 6.45) is 0. The van der Waals surface area contributed by atoms with Gasteiger partial charge in [0.2, 0.25) is 11.0 Å². The number of amides is 1. The maximum atomic E-state index is 12.1. The van der Waals surface area contributed by atoms with Gasteiger partial charge in [-0.15, -0.1) is 21.5 Å². The van der Waals surface area contributed by atoms with Gasteiger partial charge in [0.05, 0.1) is 5.69 Å². The van der Waals surface area contributed by atoms with Crippen LogP contribution in [0.3, 0.4) is 0 Å². The summed E-state index contributed by atoms with van der Waals surface area (Å²) in [7, 11) is 0. The Kier molecular flexibility index (Phi) is 4.23. The van der Waals surface area contributed by atoms with Crippen LogP contribution in [-0.2, 0) is 10.5 Å². The second-order valence-corrected chi connectivity index (χ2v) is 7.46. The lowest BCUT2D eigenvalue weighted by atomic mass is 10.4. The Balaban J connectivity index is 1.75. The monoisotopic (exact) mass is 353 g/mol. The summed E-state index contributed by atoms with van der Waals surface area (Å²) in [6.45, 7) is 3.30. The molecule has 0 saturated carbocycles. The summed E-state index contributed by atoms with van der Waals surface area (Å²) < 4.78 is 2.31. The van der Waals surface area contributed by atoms with Crippen molar-refractivity contribution in [2.45, 2.75) is 23.9 Å². The highest BCUT2D eigenvalue weighted by atomic mass is 32.2. The molecule has 0 saturated heterocycles. The van der Waals surface area contributed by atoms with E-state index in [1.165, 1.54) is 47.4 Å². The fraction of sp³-hybridized carbons (Fsp3) is 0.250. The average molecular weight is 353 g/mol. The first-order valence-electron chi connectivity index (χ1n) is 6.23. The molecule has 0 bridgehead atoms. The maximum absolute atomic E-state index is 12.1. The maximum Gasteiger partial charge on any atom is 0.258 e. The van der Waals surface area contributed by atoms with E-state index < -0.39 is 0 Å². The standard InChI is InChI=1S/C12H11N5O2S3/c1-6-4-20-11-14-8(3-9(19)17(6)11)5-21-12-16-15-10(22-12)13-7(2)18/h3-4H,5H2,1-2H3,(H,13,15,18). The quantitative estimate of drug-likeness (QED) is 0.571. The summed E-state index contributed by atoms with van der Waals surface area (Å²) in [5.74, 6) is 0.345.